The number of hydrogen-bond donors (Lipinski definition) is 1. The van der Waals surface area contributed by atoms with Gasteiger partial charge in [0.05, 0.1) is 0 Å². The molecular weight excluding hydrogens is 216 g/mol. The van der Waals surface area contributed by atoms with Crippen molar-refractivity contribution >= 4 is 18.2 Å². The molecule has 2 nitrogen and oxygen atoms in total. The lowest BCUT2D eigenvalue weighted by Crippen LogP contribution is -2.31. The molecule has 0 saturated carbocycles. The highest BCUT2D eigenvalue weighted by molar-refractivity contribution is 7.80. The van der Waals surface area contributed by atoms with Crippen LogP contribution >= 0.6 is 12.6 Å². The summed E-state index contributed by atoms with van der Waals surface area (Å²) in [7, 11) is 0. The Morgan fingerprint density at radius 2 is 2.38 bits per heavy atom. The Morgan fingerprint density at radius 3 is 3.06 bits per heavy atom. The molecule has 1 saturated heterocycles. The van der Waals surface area contributed by atoms with E-state index in [-0.39, 0.29) is 0 Å². The maximum Gasteiger partial charge on any atom is 0.0420 e. The third-order valence-electron chi connectivity index (χ3n) is 3.60. The number of rotatable bonds is 2. The average Bonchev–Trinajstić information content (AvgIpc) is 2.87. The van der Waals surface area contributed by atoms with Gasteiger partial charge in [-0.3, -0.25) is 9.88 Å². The zero-order valence-electron chi connectivity index (χ0n) is 9.43. The molecule has 1 aliphatic carbocycles. The average molecular weight is 232 g/mol. The Morgan fingerprint density at radius 1 is 1.50 bits per heavy atom. The second-order valence-corrected chi connectivity index (χ2v) is 5.08. The largest absolute Gasteiger partial charge is 0.287 e. The van der Waals surface area contributed by atoms with E-state index in [1.165, 1.54) is 29.7 Å². The molecule has 0 radical (unpaired) electrons. The lowest BCUT2D eigenvalue weighted by atomic mass is 10.0. The van der Waals surface area contributed by atoms with Crippen molar-refractivity contribution in [2.75, 3.05) is 12.4 Å². The van der Waals surface area contributed by atoms with Crippen molar-refractivity contribution in [1.29, 1.82) is 0 Å². The minimum Gasteiger partial charge on any atom is -0.287 e. The highest BCUT2D eigenvalue weighted by Crippen LogP contribution is 2.41. The Hall–Kier alpha value is -0.800. The normalized spacial score (nSPS) is 28.5. The van der Waals surface area contributed by atoms with E-state index in [0.717, 1.165) is 11.8 Å². The van der Waals surface area contributed by atoms with Gasteiger partial charge in [0.2, 0.25) is 0 Å². The first-order valence-electron chi connectivity index (χ1n) is 5.76. The molecule has 1 aromatic rings. The van der Waals surface area contributed by atoms with Crippen LogP contribution in [-0.2, 0) is 0 Å². The van der Waals surface area contributed by atoms with Crippen LogP contribution in [-0.4, -0.2) is 28.3 Å². The summed E-state index contributed by atoms with van der Waals surface area (Å²) in [6, 6.07) is 2.81. The fraction of sp³-hybridized carbons (Fsp3) is 0.462. The van der Waals surface area contributed by atoms with E-state index >= 15 is 0 Å². The second-order valence-electron chi connectivity index (χ2n) is 4.80. The van der Waals surface area contributed by atoms with Crippen LogP contribution in [0.3, 0.4) is 0 Å². The first-order chi connectivity index (χ1) is 7.78. The summed E-state index contributed by atoms with van der Waals surface area (Å²) in [6.07, 6.45) is 7.59. The van der Waals surface area contributed by atoms with Gasteiger partial charge in [-0.2, -0.15) is 12.6 Å². The zero-order chi connectivity index (χ0) is 11.1. The third kappa shape index (κ3) is 1.59. The van der Waals surface area contributed by atoms with Gasteiger partial charge in [-0.1, -0.05) is 6.08 Å². The van der Waals surface area contributed by atoms with E-state index in [9.17, 15) is 0 Å². The number of hydrogen-bond acceptors (Lipinski definition) is 3. The summed E-state index contributed by atoms with van der Waals surface area (Å²) in [5.74, 6) is 1.59. The van der Waals surface area contributed by atoms with Gasteiger partial charge >= 0.3 is 0 Å². The van der Waals surface area contributed by atoms with Crippen molar-refractivity contribution in [1.82, 2.24) is 9.88 Å². The summed E-state index contributed by atoms with van der Waals surface area (Å²) < 4.78 is 0. The molecule has 2 aliphatic rings. The Kier molecular flexibility index (Phi) is 2.52. The van der Waals surface area contributed by atoms with E-state index in [0.29, 0.717) is 6.04 Å². The van der Waals surface area contributed by atoms with E-state index in [4.69, 9.17) is 0 Å². The van der Waals surface area contributed by atoms with Gasteiger partial charge in [0, 0.05) is 30.9 Å². The smallest absolute Gasteiger partial charge is 0.0420 e. The molecule has 0 aromatic carbocycles. The maximum atomic E-state index is 4.41. The van der Waals surface area contributed by atoms with E-state index < -0.39 is 0 Å². The summed E-state index contributed by atoms with van der Waals surface area (Å²) in [4.78, 5) is 6.73. The van der Waals surface area contributed by atoms with E-state index in [2.05, 4.69) is 41.6 Å². The van der Waals surface area contributed by atoms with Crippen molar-refractivity contribution in [3.8, 4) is 0 Å². The predicted octanol–water partition coefficient (Wildman–Crippen LogP) is 2.36. The van der Waals surface area contributed by atoms with E-state index in [1.54, 1.807) is 0 Å². The molecule has 1 fully saturated rings. The van der Waals surface area contributed by atoms with Crippen LogP contribution in [0.25, 0.3) is 5.57 Å². The third-order valence-corrected chi connectivity index (χ3v) is 3.96. The topological polar surface area (TPSA) is 16.1 Å². The second kappa shape index (κ2) is 3.90. The molecule has 0 amide bonds. The quantitative estimate of drug-likeness (QED) is 0.788. The number of nitrogens with zero attached hydrogens (tertiary/aromatic N) is 2. The van der Waals surface area contributed by atoms with Crippen molar-refractivity contribution in [3.63, 3.8) is 0 Å². The minimum absolute atomic E-state index is 0.575. The first-order valence-corrected chi connectivity index (χ1v) is 6.40. The molecule has 2 heterocycles. The molecule has 1 aliphatic heterocycles. The molecule has 16 heavy (non-hydrogen) atoms. The number of thiol groups is 1. The van der Waals surface area contributed by atoms with Gasteiger partial charge in [-0.25, -0.2) is 0 Å². The van der Waals surface area contributed by atoms with Crippen LogP contribution in [0.1, 0.15) is 17.5 Å². The first kappa shape index (κ1) is 10.4. The fourth-order valence-corrected chi connectivity index (χ4v) is 3.22. The number of pyridine rings is 1. The number of likely N-dealkylation sites (tertiary alicyclic amines) is 1. The predicted molar refractivity (Wildman–Crippen MR) is 69.4 cm³/mol. The fourth-order valence-electron chi connectivity index (χ4n) is 2.91. The van der Waals surface area contributed by atoms with Crippen molar-refractivity contribution < 1.29 is 0 Å². The molecule has 3 rings (SSSR count). The van der Waals surface area contributed by atoms with Crippen LogP contribution < -0.4 is 0 Å². The van der Waals surface area contributed by atoms with Crippen LogP contribution in [0.5, 0.6) is 0 Å². The monoisotopic (exact) mass is 232 g/mol. The van der Waals surface area contributed by atoms with Crippen LogP contribution in [0.15, 0.2) is 24.5 Å². The van der Waals surface area contributed by atoms with Crippen LogP contribution in [0.2, 0.25) is 0 Å². The molecule has 0 N–H and O–H groups in total. The van der Waals surface area contributed by atoms with Crippen molar-refractivity contribution in [2.45, 2.75) is 19.4 Å². The molecule has 3 heteroatoms. The number of fused-ring (bicyclic) bond motifs is 2. The summed E-state index contributed by atoms with van der Waals surface area (Å²) >= 11 is 4.41. The zero-order valence-corrected chi connectivity index (χ0v) is 10.3. The highest BCUT2D eigenvalue weighted by Gasteiger charge is 2.38. The van der Waals surface area contributed by atoms with Gasteiger partial charge in [0.15, 0.2) is 0 Å². The Balaban J connectivity index is 1.95. The molecular formula is C13H16N2S. The summed E-state index contributed by atoms with van der Waals surface area (Å²) in [5, 5.41) is 0. The maximum absolute atomic E-state index is 4.41. The van der Waals surface area contributed by atoms with E-state index in [1.807, 2.05) is 12.4 Å². The molecule has 2 unspecified atom stereocenters. The molecule has 2 atom stereocenters. The van der Waals surface area contributed by atoms with Gasteiger partial charge in [-0.15, -0.1) is 0 Å². The van der Waals surface area contributed by atoms with Crippen molar-refractivity contribution in [2.24, 2.45) is 5.92 Å². The summed E-state index contributed by atoms with van der Waals surface area (Å²) in [5.41, 5.74) is 3.99. The molecule has 1 aromatic heterocycles. The van der Waals surface area contributed by atoms with Crippen LogP contribution in [0, 0.1) is 12.8 Å². The lowest BCUT2D eigenvalue weighted by Gasteiger charge is -2.26. The highest BCUT2D eigenvalue weighted by atomic mass is 32.1. The molecule has 2 bridgehead atoms. The minimum atomic E-state index is 0.575. The number of aromatic nitrogens is 1. The standard InChI is InChI=1S/C13H16N2S/c1-9-2-11(6-14-5-9)12-3-10-4-13(12)15(7-10)8-16/h2-3,5-6,10,13,16H,4,7-8H2,1H3. The van der Waals surface area contributed by atoms with Crippen LogP contribution in [0.4, 0.5) is 0 Å². The van der Waals surface area contributed by atoms with Gasteiger partial charge in [-0.05, 0) is 42.0 Å². The van der Waals surface area contributed by atoms with Gasteiger partial charge < -0.3 is 0 Å². The van der Waals surface area contributed by atoms with Crippen molar-refractivity contribution in [3.05, 3.63) is 35.7 Å². The number of aryl methyl sites for hydroxylation is 1. The SMILES string of the molecule is Cc1cncc(C2=CC3CC2N(CS)C3)c1. The Bertz CT molecular complexity index is 441. The summed E-state index contributed by atoms with van der Waals surface area (Å²) in [6.45, 7) is 3.28. The van der Waals surface area contributed by atoms with Gasteiger partial charge in [0.25, 0.3) is 0 Å². The molecule has 0 spiro atoms. The molecule has 84 valence electrons. The van der Waals surface area contributed by atoms with Gasteiger partial charge in [0.1, 0.15) is 0 Å². The Labute approximate surface area is 102 Å². The lowest BCUT2D eigenvalue weighted by molar-refractivity contribution is 0.339.